The third kappa shape index (κ3) is 14.2. The number of methoxy groups -OCH3 is 1. The maximum absolute atomic E-state index is 12.2. The monoisotopic (exact) mass is 591 g/mol. The van der Waals surface area contributed by atoms with Gasteiger partial charge >= 0.3 is 5.97 Å². The first-order chi connectivity index (χ1) is 17.9. The molecule has 1 unspecified atom stereocenters. The Kier molecular flexibility index (Phi) is 23.7. The molecule has 0 heterocycles. The Morgan fingerprint density at radius 2 is 1.17 bits per heavy atom. The first kappa shape index (κ1) is 46.6. The van der Waals surface area contributed by atoms with Crippen molar-refractivity contribution in [3.05, 3.63) is 65.2 Å². The van der Waals surface area contributed by atoms with Gasteiger partial charge in [-0.3, -0.25) is 0 Å². The molecule has 1 atom stereocenters. The van der Waals surface area contributed by atoms with Crippen molar-refractivity contribution in [2.45, 2.75) is 160 Å². The van der Waals surface area contributed by atoms with E-state index in [0.29, 0.717) is 5.56 Å². The van der Waals surface area contributed by atoms with Crippen LogP contribution in [-0.2, 0) is 20.3 Å². The molecule has 42 heavy (non-hydrogen) atoms. The molecule has 0 amide bonds. The van der Waals surface area contributed by atoms with E-state index in [1.54, 1.807) is 7.11 Å². The van der Waals surface area contributed by atoms with Gasteiger partial charge in [0.25, 0.3) is 0 Å². The topological polar surface area (TPSA) is 44.8 Å². The largest absolute Gasteiger partial charge is 0.465 e. The molecule has 246 valence electrons. The normalized spacial score (nSPS) is 13.9. The van der Waals surface area contributed by atoms with Crippen LogP contribution in [0.25, 0.3) is 0 Å². The summed E-state index contributed by atoms with van der Waals surface area (Å²) in [4.78, 5) is 12.2. The fourth-order valence-electron chi connectivity index (χ4n) is 4.20. The van der Waals surface area contributed by atoms with E-state index in [2.05, 4.69) is 65.8 Å². The van der Waals surface area contributed by atoms with Gasteiger partial charge in [-0.05, 0) is 98.6 Å². The minimum Gasteiger partial charge on any atom is -0.465 e. The second-order valence-electron chi connectivity index (χ2n) is 11.5. The Labute approximate surface area is 263 Å². The van der Waals surface area contributed by atoms with E-state index >= 15 is 0 Å². The standard InChI is InChI=1S/C18H26O2.C14H22O2.C2H6.4CH4/c1-5-17(2,3)15-10-8-14(9-11-15)16(19)20-18(4)12-6-7-13-18;1-6-14(3,4)12-7-9-13(10-8-12)16-11(2)15-5;1-2;;;;/h8-11H,5-7,12-13H2,1-4H3;7-11H,6H2,1-5H3;1-2H3;4*1H4. The molecule has 0 N–H and O–H groups in total. The Balaban J connectivity index is -0.000000303. The van der Waals surface area contributed by atoms with Crippen LogP contribution in [0.5, 0.6) is 5.75 Å². The molecular weight excluding hydrogens is 520 g/mol. The van der Waals surface area contributed by atoms with Crippen molar-refractivity contribution in [1.29, 1.82) is 0 Å². The molecule has 3 rings (SSSR count). The summed E-state index contributed by atoms with van der Waals surface area (Å²) in [6.07, 6.45) is 6.29. The lowest BCUT2D eigenvalue weighted by molar-refractivity contribution is -0.0383. The minimum absolute atomic E-state index is 0. The summed E-state index contributed by atoms with van der Waals surface area (Å²) in [5.41, 5.74) is 3.40. The van der Waals surface area contributed by atoms with Crippen LogP contribution in [0.2, 0.25) is 0 Å². The summed E-state index contributed by atoms with van der Waals surface area (Å²) < 4.78 is 16.3. The van der Waals surface area contributed by atoms with Crippen LogP contribution < -0.4 is 4.74 Å². The molecule has 4 nitrogen and oxygen atoms in total. The molecule has 0 saturated heterocycles. The number of esters is 1. The minimum atomic E-state index is -0.252. The maximum Gasteiger partial charge on any atom is 0.338 e. The predicted molar refractivity (Wildman–Crippen MR) is 187 cm³/mol. The van der Waals surface area contributed by atoms with Crippen LogP contribution in [-0.4, -0.2) is 25.0 Å². The van der Waals surface area contributed by atoms with Crippen LogP contribution >= 0.6 is 0 Å². The smallest absolute Gasteiger partial charge is 0.338 e. The van der Waals surface area contributed by atoms with Crippen molar-refractivity contribution in [2.75, 3.05) is 7.11 Å². The van der Waals surface area contributed by atoms with Gasteiger partial charge in [-0.2, -0.15) is 0 Å². The maximum atomic E-state index is 12.2. The van der Waals surface area contributed by atoms with Gasteiger partial charge in [-0.25, -0.2) is 4.79 Å². The van der Waals surface area contributed by atoms with Gasteiger partial charge in [0.1, 0.15) is 11.4 Å². The average Bonchev–Trinajstić information content (AvgIpc) is 3.36. The summed E-state index contributed by atoms with van der Waals surface area (Å²) in [5.74, 6) is 0.667. The highest BCUT2D eigenvalue weighted by molar-refractivity contribution is 5.89. The molecule has 0 bridgehead atoms. The highest BCUT2D eigenvalue weighted by Gasteiger charge is 2.33. The van der Waals surface area contributed by atoms with Gasteiger partial charge in [-0.15, -0.1) is 0 Å². The zero-order chi connectivity index (χ0) is 29.0. The van der Waals surface area contributed by atoms with E-state index in [1.165, 1.54) is 11.1 Å². The van der Waals surface area contributed by atoms with Gasteiger partial charge in [0.2, 0.25) is 0 Å². The van der Waals surface area contributed by atoms with E-state index in [-0.39, 0.29) is 58.4 Å². The molecule has 1 saturated carbocycles. The highest BCUT2D eigenvalue weighted by atomic mass is 16.7. The van der Waals surface area contributed by atoms with Crippen molar-refractivity contribution in [1.82, 2.24) is 0 Å². The quantitative estimate of drug-likeness (QED) is 0.215. The number of carbonyl (C=O) groups excluding carboxylic acids is 1. The lowest BCUT2D eigenvalue weighted by Gasteiger charge is -2.25. The average molecular weight is 591 g/mol. The molecule has 4 heteroatoms. The van der Waals surface area contributed by atoms with Gasteiger partial charge < -0.3 is 14.2 Å². The van der Waals surface area contributed by atoms with Gasteiger partial charge in [-0.1, -0.05) is 109 Å². The van der Waals surface area contributed by atoms with Gasteiger partial charge in [0.15, 0.2) is 6.29 Å². The second kappa shape index (κ2) is 21.4. The van der Waals surface area contributed by atoms with Gasteiger partial charge in [0, 0.05) is 7.11 Å². The van der Waals surface area contributed by atoms with Crippen LogP contribution in [0, 0.1) is 0 Å². The third-order valence-corrected chi connectivity index (χ3v) is 7.94. The number of hydrogen-bond donors (Lipinski definition) is 0. The van der Waals surface area contributed by atoms with E-state index in [1.807, 2.05) is 52.0 Å². The lowest BCUT2D eigenvalue weighted by atomic mass is 9.82. The number of carbonyl (C=O) groups is 1. The fraction of sp³-hybridized carbons (Fsp3) is 0.658. The van der Waals surface area contributed by atoms with Crippen molar-refractivity contribution in [2.24, 2.45) is 0 Å². The fourth-order valence-corrected chi connectivity index (χ4v) is 4.20. The number of benzene rings is 2. The molecule has 1 aliphatic carbocycles. The first-order valence-corrected chi connectivity index (χ1v) is 14.5. The number of ether oxygens (including phenoxy) is 3. The Hall–Kier alpha value is -2.33. The zero-order valence-corrected chi connectivity index (χ0v) is 26.1. The molecule has 0 aliphatic heterocycles. The van der Waals surface area contributed by atoms with Crippen molar-refractivity contribution >= 4 is 5.97 Å². The van der Waals surface area contributed by atoms with Crippen molar-refractivity contribution in [3.8, 4) is 5.75 Å². The predicted octanol–water partition coefficient (Wildman–Crippen LogP) is 12.2. The molecule has 0 aromatic heterocycles. The molecular formula is C38H70O4. The Morgan fingerprint density at radius 3 is 1.52 bits per heavy atom. The van der Waals surface area contributed by atoms with Crippen molar-refractivity contribution < 1.29 is 19.0 Å². The summed E-state index contributed by atoms with van der Waals surface area (Å²) in [7, 11) is 1.64. The Bertz CT molecular complexity index is 936. The summed E-state index contributed by atoms with van der Waals surface area (Å²) in [6, 6.07) is 16.2. The Morgan fingerprint density at radius 1 is 0.786 bits per heavy atom. The van der Waals surface area contributed by atoms with Gasteiger partial charge in [0.05, 0.1) is 5.56 Å². The first-order valence-electron chi connectivity index (χ1n) is 14.5. The summed E-state index contributed by atoms with van der Waals surface area (Å²) in [5, 5.41) is 0. The number of hydrogen-bond acceptors (Lipinski definition) is 4. The van der Waals surface area contributed by atoms with Crippen LogP contribution in [0.3, 0.4) is 0 Å². The van der Waals surface area contributed by atoms with Crippen molar-refractivity contribution in [3.63, 3.8) is 0 Å². The summed E-state index contributed by atoms with van der Waals surface area (Å²) in [6.45, 7) is 21.3. The third-order valence-electron chi connectivity index (χ3n) is 7.94. The molecule has 0 radical (unpaired) electrons. The highest BCUT2D eigenvalue weighted by Crippen LogP contribution is 2.34. The van der Waals surface area contributed by atoms with Crippen LogP contribution in [0.15, 0.2) is 48.5 Å². The van der Waals surface area contributed by atoms with E-state index in [0.717, 1.165) is 44.3 Å². The van der Waals surface area contributed by atoms with Crippen LogP contribution in [0.4, 0.5) is 0 Å². The van der Waals surface area contributed by atoms with E-state index in [9.17, 15) is 4.79 Å². The molecule has 0 spiro atoms. The SMILES string of the molecule is C.C.C.C.CC.CCC(C)(C)c1ccc(C(=O)OC2(C)CCCC2)cc1.CCC(C)(C)c1ccc(OC(C)OC)cc1. The number of rotatable bonds is 9. The molecule has 2 aromatic rings. The molecule has 1 fully saturated rings. The second-order valence-corrected chi connectivity index (χ2v) is 11.5. The molecule has 1 aliphatic rings. The summed E-state index contributed by atoms with van der Waals surface area (Å²) >= 11 is 0. The zero-order valence-electron chi connectivity index (χ0n) is 26.1. The van der Waals surface area contributed by atoms with E-state index < -0.39 is 0 Å². The molecule has 2 aromatic carbocycles. The van der Waals surface area contributed by atoms with Crippen LogP contribution in [0.1, 0.15) is 159 Å². The lowest BCUT2D eigenvalue weighted by Crippen LogP contribution is -2.28. The van der Waals surface area contributed by atoms with E-state index in [4.69, 9.17) is 14.2 Å².